The summed E-state index contributed by atoms with van der Waals surface area (Å²) >= 11 is 0. The minimum absolute atomic E-state index is 0.0172. The number of nitrogens with one attached hydrogen (secondary N) is 1. The van der Waals surface area contributed by atoms with Crippen molar-refractivity contribution >= 4 is 11.2 Å². The molecule has 0 aliphatic rings. The van der Waals surface area contributed by atoms with Crippen LogP contribution >= 0.6 is 0 Å². The standard InChI is InChI=1S/C18H17F3N6/c1-3-26-11(2)13(8-22-26)16-24-15-9-23-27(17(15)25-16)10-12-6-4-5-7-14(12)18(19,20)21/h4-9H,3,10H2,1-2H3,(H,24,25). The molecule has 27 heavy (non-hydrogen) atoms. The molecule has 3 heterocycles. The zero-order valence-electron chi connectivity index (χ0n) is 14.7. The van der Waals surface area contributed by atoms with Crippen molar-refractivity contribution in [1.82, 2.24) is 29.5 Å². The van der Waals surface area contributed by atoms with E-state index in [9.17, 15) is 13.2 Å². The first kappa shape index (κ1) is 17.3. The van der Waals surface area contributed by atoms with Crippen molar-refractivity contribution in [3.8, 4) is 11.4 Å². The van der Waals surface area contributed by atoms with Crippen LogP contribution in [0.15, 0.2) is 36.7 Å². The van der Waals surface area contributed by atoms with E-state index < -0.39 is 11.7 Å². The van der Waals surface area contributed by atoms with E-state index in [4.69, 9.17) is 0 Å². The molecular formula is C18H17F3N6. The molecule has 0 atom stereocenters. The summed E-state index contributed by atoms with van der Waals surface area (Å²) in [6, 6.07) is 5.50. The van der Waals surface area contributed by atoms with Crippen LogP contribution < -0.4 is 0 Å². The lowest BCUT2D eigenvalue weighted by molar-refractivity contribution is -0.138. The van der Waals surface area contributed by atoms with E-state index in [0.717, 1.165) is 23.9 Å². The zero-order chi connectivity index (χ0) is 19.2. The van der Waals surface area contributed by atoms with Crippen LogP contribution in [-0.2, 0) is 19.3 Å². The van der Waals surface area contributed by atoms with Crippen LogP contribution in [0.5, 0.6) is 0 Å². The molecule has 1 N–H and O–H groups in total. The highest BCUT2D eigenvalue weighted by atomic mass is 19.4. The van der Waals surface area contributed by atoms with Gasteiger partial charge in [0.15, 0.2) is 5.65 Å². The normalized spacial score (nSPS) is 12.2. The largest absolute Gasteiger partial charge is 0.416 e. The number of alkyl halides is 3. The first-order chi connectivity index (χ1) is 12.9. The molecule has 6 nitrogen and oxygen atoms in total. The van der Waals surface area contributed by atoms with Gasteiger partial charge in [-0.2, -0.15) is 23.4 Å². The summed E-state index contributed by atoms with van der Waals surface area (Å²) in [5.41, 5.74) is 2.48. The van der Waals surface area contributed by atoms with Crippen molar-refractivity contribution in [2.24, 2.45) is 0 Å². The number of benzene rings is 1. The summed E-state index contributed by atoms with van der Waals surface area (Å²) in [6.07, 6.45) is -1.11. The minimum Gasteiger partial charge on any atom is -0.335 e. The monoisotopic (exact) mass is 374 g/mol. The number of nitrogens with zero attached hydrogens (tertiary/aromatic N) is 5. The summed E-state index contributed by atoms with van der Waals surface area (Å²) in [4.78, 5) is 7.72. The SMILES string of the molecule is CCn1ncc(-c2nc3c(cnn3Cc3ccccc3C(F)(F)F)[nH]2)c1C. The highest BCUT2D eigenvalue weighted by Gasteiger charge is 2.33. The Kier molecular flexibility index (Phi) is 4.01. The van der Waals surface area contributed by atoms with E-state index >= 15 is 0 Å². The van der Waals surface area contributed by atoms with E-state index in [1.807, 2.05) is 18.5 Å². The summed E-state index contributed by atoms with van der Waals surface area (Å²) < 4.78 is 43.0. The average molecular weight is 374 g/mol. The van der Waals surface area contributed by atoms with Gasteiger partial charge in [0.1, 0.15) is 11.3 Å². The van der Waals surface area contributed by atoms with E-state index in [1.54, 1.807) is 18.5 Å². The predicted molar refractivity (Wildman–Crippen MR) is 94.1 cm³/mol. The Morgan fingerprint density at radius 2 is 1.81 bits per heavy atom. The number of halogens is 3. The third-order valence-corrected chi connectivity index (χ3v) is 4.58. The number of rotatable bonds is 4. The first-order valence-corrected chi connectivity index (χ1v) is 8.48. The molecule has 0 saturated heterocycles. The van der Waals surface area contributed by atoms with Crippen molar-refractivity contribution in [2.45, 2.75) is 33.1 Å². The summed E-state index contributed by atoms with van der Waals surface area (Å²) in [7, 11) is 0. The molecule has 0 unspecified atom stereocenters. The summed E-state index contributed by atoms with van der Waals surface area (Å²) in [5.74, 6) is 0.623. The second-order valence-electron chi connectivity index (χ2n) is 6.24. The van der Waals surface area contributed by atoms with Crippen LogP contribution in [0.1, 0.15) is 23.7 Å². The molecule has 4 rings (SSSR count). The van der Waals surface area contributed by atoms with Crippen LogP contribution in [0, 0.1) is 6.92 Å². The molecule has 0 saturated carbocycles. The lowest BCUT2D eigenvalue weighted by Gasteiger charge is -2.12. The molecule has 9 heteroatoms. The number of aryl methyl sites for hydroxylation is 1. The summed E-state index contributed by atoms with van der Waals surface area (Å²) in [5, 5.41) is 8.49. The Hall–Kier alpha value is -3.10. The van der Waals surface area contributed by atoms with E-state index in [-0.39, 0.29) is 12.1 Å². The van der Waals surface area contributed by atoms with Crippen molar-refractivity contribution in [3.05, 3.63) is 53.5 Å². The fourth-order valence-electron chi connectivity index (χ4n) is 3.18. The van der Waals surface area contributed by atoms with Gasteiger partial charge >= 0.3 is 6.18 Å². The fourth-order valence-corrected chi connectivity index (χ4v) is 3.18. The molecule has 0 bridgehead atoms. The second kappa shape index (κ2) is 6.26. The zero-order valence-corrected chi connectivity index (χ0v) is 14.7. The first-order valence-electron chi connectivity index (χ1n) is 8.48. The number of fused-ring (bicyclic) bond motifs is 1. The van der Waals surface area contributed by atoms with Crippen LogP contribution in [0.4, 0.5) is 13.2 Å². The molecule has 1 aromatic carbocycles. The van der Waals surface area contributed by atoms with E-state index in [2.05, 4.69) is 20.2 Å². The summed E-state index contributed by atoms with van der Waals surface area (Å²) in [6.45, 7) is 4.67. The third kappa shape index (κ3) is 2.98. The quantitative estimate of drug-likeness (QED) is 0.587. The third-order valence-electron chi connectivity index (χ3n) is 4.58. The Labute approximate surface area is 152 Å². The van der Waals surface area contributed by atoms with Crippen molar-refractivity contribution in [1.29, 1.82) is 0 Å². The van der Waals surface area contributed by atoms with Crippen LogP contribution in [0.2, 0.25) is 0 Å². The molecule has 3 aromatic heterocycles. The average Bonchev–Trinajstić information content (AvgIpc) is 3.29. The van der Waals surface area contributed by atoms with Gasteiger partial charge < -0.3 is 4.98 Å². The molecule has 0 fully saturated rings. The molecule has 0 amide bonds. The van der Waals surface area contributed by atoms with Gasteiger partial charge in [0.2, 0.25) is 0 Å². The molecule has 0 spiro atoms. The highest BCUT2D eigenvalue weighted by Crippen LogP contribution is 2.32. The van der Waals surface area contributed by atoms with Gasteiger partial charge in [-0.25, -0.2) is 9.67 Å². The van der Waals surface area contributed by atoms with Gasteiger partial charge in [0.25, 0.3) is 0 Å². The van der Waals surface area contributed by atoms with Gasteiger partial charge in [-0.3, -0.25) is 4.68 Å². The molecule has 4 aromatic rings. The molecule has 0 radical (unpaired) electrons. The van der Waals surface area contributed by atoms with Gasteiger partial charge in [-0.1, -0.05) is 18.2 Å². The lowest BCUT2D eigenvalue weighted by atomic mass is 10.1. The van der Waals surface area contributed by atoms with Crippen molar-refractivity contribution in [3.63, 3.8) is 0 Å². The topological polar surface area (TPSA) is 64.3 Å². The number of hydrogen-bond acceptors (Lipinski definition) is 3. The Morgan fingerprint density at radius 1 is 1.07 bits per heavy atom. The smallest absolute Gasteiger partial charge is 0.335 e. The Morgan fingerprint density at radius 3 is 2.52 bits per heavy atom. The molecule has 0 aliphatic carbocycles. The second-order valence-corrected chi connectivity index (χ2v) is 6.24. The maximum atomic E-state index is 13.2. The number of H-pyrrole nitrogens is 1. The Balaban J connectivity index is 1.73. The number of hydrogen-bond donors (Lipinski definition) is 1. The minimum atomic E-state index is -4.41. The van der Waals surface area contributed by atoms with Crippen LogP contribution in [0.3, 0.4) is 0 Å². The van der Waals surface area contributed by atoms with Gasteiger partial charge in [-0.05, 0) is 25.5 Å². The number of aromatic nitrogens is 6. The van der Waals surface area contributed by atoms with Crippen LogP contribution in [-0.4, -0.2) is 29.5 Å². The van der Waals surface area contributed by atoms with Gasteiger partial charge in [0, 0.05) is 12.2 Å². The maximum absolute atomic E-state index is 13.2. The van der Waals surface area contributed by atoms with Gasteiger partial charge in [-0.15, -0.1) is 0 Å². The van der Waals surface area contributed by atoms with E-state index in [1.165, 1.54) is 16.8 Å². The predicted octanol–water partition coefficient (Wildman–Crippen LogP) is 4.02. The van der Waals surface area contributed by atoms with Gasteiger partial charge in [0.05, 0.1) is 30.1 Å². The van der Waals surface area contributed by atoms with Crippen LogP contribution in [0.25, 0.3) is 22.6 Å². The number of imidazole rings is 1. The highest BCUT2D eigenvalue weighted by molar-refractivity contribution is 5.76. The van der Waals surface area contributed by atoms with Crippen molar-refractivity contribution < 1.29 is 13.2 Å². The number of aromatic amines is 1. The van der Waals surface area contributed by atoms with Crippen molar-refractivity contribution in [2.75, 3.05) is 0 Å². The molecular weight excluding hydrogens is 357 g/mol. The molecule has 0 aliphatic heterocycles. The fraction of sp³-hybridized carbons (Fsp3) is 0.278. The molecule has 140 valence electrons. The Bertz CT molecular complexity index is 1100. The maximum Gasteiger partial charge on any atom is 0.416 e. The van der Waals surface area contributed by atoms with E-state index in [0.29, 0.717) is 17.0 Å². The lowest BCUT2D eigenvalue weighted by Crippen LogP contribution is -2.12.